The number of aliphatic hydroxyl groups is 1. The Bertz CT molecular complexity index is 591. The number of nitrogens with zero attached hydrogens (tertiary/aromatic N) is 1. The number of hydrogen-bond acceptors (Lipinski definition) is 7. The Kier molecular flexibility index (Phi) is 11.2. The average molecular weight is 403 g/mol. The quantitative estimate of drug-likeness (QED) is 0.0897. The van der Waals surface area contributed by atoms with Gasteiger partial charge in [0.2, 0.25) is 17.7 Å². The van der Waals surface area contributed by atoms with Crippen LogP contribution in [0.4, 0.5) is 0 Å². The van der Waals surface area contributed by atoms with E-state index in [4.69, 9.17) is 22.3 Å². The standard InChI is InChI=1S/C15H29N7O6/c1-7(21-13(26)9(16)4-3-5-19-15(17)18)12(25)20-6-10(24)22-11(8(2)23)14(27)28/h7-9,11,23H,3-6,16H2,1-2H3,(H,20,25)(H,21,26)(H,22,24)(H,27,28)(H4,17,18,19). The fraction of sp³-hybridized carbons (Fsp3) is 0.667. The van der Waals surface area contributed by atoms with Gasteiger partial charge in [0.05, 0.1) is 18.7 Å². The number of carboxylic acids is 1. The number of guanidine groups is 1. The van der Waals surface area contributed by atoms with Crippen molar-refractivity contribution in [3.8, 4) is 0 Å². The molecular weight excluding hydrogens is 374 g/mol. The summed E-state index contributed by atoms with van der Waals surface area (Å²) in [7, 11) is 0. The molecule has 0 aromatic carbocycles. The van der Waals surface area contributed by atoms with Crippen molar-refractivity contribution in [3.05, 3.63) is 0 Å². The summed E-state index contributed by atoms with van der Waals surface area (Å²) >= 11 is 0. The van der Waals surface area contributed by atoms with Gasteiger partial charge in [0.25, 0.3) is 0 Å². The SMILES string of the molecule is CC(NC(=O)C(N)CCCN=C(N)N)C(=O)NCC(=O)NC(C(=O)O)C(C)O. The van der Waals surface area contributed by atoms with Crippen LogP contribution in [0.2, 0.25) is 0 Å². The molecule has 0 radical (unpaired) electrons. The van der Waals surface area contributed by atoms with Gasteiger partial charge in [-0.25, -0.2) is 4.79 Å². The zero-order valence-electron chi connectivity index (χ0n) is 15.8. The van der Waals surface area contributed by atoms with Gasteiger partial charge < -0.3 is 43.4 Å². The number of hydrogen-bond donors (Lipinski definition) is 8. The lowest BCUT2D eigenvalue weighted by atomic mass is 10.1. The van der Waals surface area contributed by atoms with Gasteiger partial charge in [-0.15, -0.1) is 0 Å². The first-order valence-electron chi connectivity index (χ1n) is 8.55. The normalized spacial score (nSPS) is 14.7. The zero-order valence-corrected chi connectivity index (χ0v) is 15.8. The third-order valence-electron chi connectivity index (χ3n) is 3.54. The van der Waals surface area contributed by atoms with E-state index in [1.165, 1.54) is 13.8 Å². The summed E-state index contributed by atoms with van der Waals surface area (Å²) in [4.78, 5) is 50.2. The van der Waals surface area contributed by atoms with Gasteiger partial charge in [0.1, 0.15) is 6.04 Å². The molecule has 0 aliphatic heterocycles. The third kappa shape index (κ3) is 10.3. The van der Waals surface area contributed by atoms with Crippen molar-refractivity contribution >= 4 is 29.7 Å². The highest BCUT2D eigenvalue weighted by Crippen LogP contribution is 1.97. The molecule has 0 aliphatic carbocycles. The van der Waals surface area contributed by atoms with Gasteiger partial charge >= 0.3 is 5.97 Å². The van der Waals surface area contributed by atoms with Gasteiger partial charge in [-0.05, 0) is 26.7 Å². The minimum absolute atomic E-state index is 0.0597. The van der Waals surface area contributed by atoms with E-state index < -0.39 is 54.5 Å². The van der Waals surface area contributed by atoms with Crippen LogP contribution in [0, 0.1) is 0 Å². The van der Waals surface area contributed by atoms with Crippen LogP contribution in [0.3, 0.4) is 0 Å². The molecule has 13 nitrogen and oxygen atoms in total. The maximum atomic E-state index is 11.9. The average Bonchev–Trinajstić information content (AvgIpc) is 2.59. The van der Waals surface area contributed by atoms with Crippen LogP contribution >= 0.6 is 0 Å². The first kappa shape index (κ1) is 25.1. The van der Waals surface area contributed by atoms with Crippen LogP contribution in [0.15, 0.2) is 4.99 Å². The summed E-state index contributed by atoms with van der Waals surface area (Å²) in [5.74, 6) is -3.51. The van der Waals surface area contributed by atoms with Crippen LogP contribution in [-0.2, 0) is 19.2 Å². The van der Waals surface area contributed by atoms with E-state index in [-0.39, 0.29) is 5.96 Å². The summed E-state index contributed by atoms with van der Waals surface area (Å²) in [5, 5.41) is 24.9. The number of carbonyl (C=O) groups excluding carboxylic acids is 3. The maximum Gasteiger partial charge on any atom is 0.328 e. The van der Waals surface area contributed by atoms with Crippen molar-refractivity contribution in [1.82, 2.24) is 16.0 Å². The van der Waals surface area contributed by atoms with Crippen molar-refractivity contribution < 1.29 is 29.4 Å². The van der Waals surface area contributed by atoms with E-state index >= 15 is 0 Å². The predicted molar refractivity (Wildman–Crippen MR) is 99.7 cm³/mol. The second kappa shape index (κ2) is 12.5. The molecule has 0 fully saturated rings. The number of nitrogens with one attached hydrogen (secondary N) is 3. The summed E-state index contributed by atoms with van der Waals surface area (Å²) < 4.78 is 0. The molecule has 4 unspecified atom stereocenters. The molecule has 0 bridgehead atoms. The smallest absolute Gasteiger partial charge is 0.328 e. The van der Waals surface area contributed by atoms with Crippen molar-refractivity contribution in [3.63, 3.8) is 0 Å². The third-order valence-corrected chi connectivity index (χ3v) is 3.54. The van der Waals surface area contributed by atoms with E-state index in [0.717, 1.165) is 0 Å². The van der Waals surface area contributed by atoms with Crippen LogP contribution in [0.1, 0.15) is 26.7 Å². The van der Waals surface area contributed by atoms with Crippen LogP contribution < -0.4 is 33.2 Å². The molecule has 0 aromatic rings. The monoisotopic (exact) mass is 403 g/mol. The number of amides is 3. The zero-order chi connectivity index (χ0) is 21.9. The first-order valence-corrected chi connectivity index (χ1v) is 8.55. The van der Waals surface area contributed by atoms with Crippen LogP contribution in [-0.4, -0.2) is 77.2 Å². The molecule has 0 aromatic heterocycles. The molecule has 0 saturated heterocycles. The molecular formula is C15H29N7O6. The number of rotatable bonds is 12. The summed E-state index contributed by atoms with van der Waals surface area (Å²) in [6, 6.07) is -3.34. The van der Waals surface area contributed by atoms with Crippen molar-refractivity contribution in [2.45, 2.75) is 50.9 Å². The minimum atomic E-state index is -1.50. The fourth-order valence-corrected chi connectivity index (χ4v) is 1.97. The maximum absolute atomic E-state index is 11.9. The molecule has 0 spiro atoms. The van der Waals surface area contributed by atoms with Gasteiger partial charge in [0.15, 0.2) is 12.0 Å². The Labute approximate surface area is 162 Å². The second-order valence-corrected chi connectivity index (χ2v) is 6.13. The number of carbonyl (C=O) groups is 4. The second-order valence-electron chi connectivity index (χ2n) is 6.13. The van der Waals surface area contributed by atoms with Crippen LogP contribution in [0.25, 0.3) is 0 Å². The van der Waals surface area contributed by atoms with Crippen molar-refractivity contribution in [1.29, 1.82) is 0 Å². The number of nitrogens with two attached hydrogens (primary N) is 3. The van der Waals surface area contributed by atoms with E-state index in [1.54, 1.807) is 0 Å². The van der Waals surface area contributed by atoms with E-state index in [0.29, 0.717) is 19.4 Å². The Hall–Kier alpha value is -2.93. The summed E-state index contributed by atoms with van der Waals surface area (Å²) in [6.45, 7) is 2.39. The highest BCUT2D eigenvalue weighted by atomic mass is 16.4. The van der Waals surface area contributed by atoms with Gasteiger partial charge in [-0.2, -0.15) is 0 Å². The highest BCUT2D eigenvalue weighted by Gasteiger charge is 2.25. The lowest BCUT2D eigenvalue weighted by Gasteiger charge is -2.19. The summed E-state index contributed by atoms with van der Waals surface area (Å²) in [5.41, 5.74) is 16.1. The number of aliphatic imine (C=N–C) groups is 1. The summed E-state index contributed by atoms with van der Waals surface area (Å²) in [6.07, 6.45) is -0.542. The Morgan fingerprint density at radius 1 is 1.07 bits per heavy atom. The molecule has 11 N–H and O–H groups in total. The Morgan fingerprint density at radius 2 is 1.68 bits per heavy atom. The van der Waals surface area contributed by atoms with Gasteiger partial charge in [0, 0.05) is 6.54 Å². The molecule has 0 saturated carbocycles. The van der Waals surface area contributed by atoms with Gasteiger partial charge in [-0.1, -0.05) is 0 Å². The predicted octanol–water partition coefficient (Wildman–Crippen LogP) is -4.06. The molecule has 28 heavy (non-hydrogen) atoms. The molecule has 0 aliphatic rings. The fourth-order valence-electron chi connectivity index (χ4n) is 1.97. The number of aliphatic hydroxyl groups excluding tert-OH is 1. The molecule has 0 heterocycles. The van der Waals surface area contributed by atoms with E-state index in [1.807, 2.05) is 0 Å². The first-order chi connectivity index (χ1) is 13.0. The highest BCUT2D eigenvalue weighted by molar-refractivity contribution is 5.92. The molecule has 0 rings (SSSR count). The minimum Gasteiger partial charge on any atom is -0.480 e. The largest absolute Gasteiger partial charge is 0.480 e. The number of aliphatic carboxylic acids is 1. The number of carboxylic acid groups (broad SMARTS) is 1. The Morgan fingerprint density at radius 3 is 2.18 bits per heavy atom. The molecule has 13 heteroatoms. The lowest BCUT2D eigenvalue weighted by molar-refractivity contribution is -0.144. The molecule has 4 atom stereocenters. The molecule has 160 valence electrons. The van der Waals surface area contributed by atoms with E-state index in [9.17, 15) is 24.3 Å². The van der Waals surface area contributed by atoms with E-state index in [2.05, 4.69) is 20.9 Å². The Balaban J connectivity index is 4.33. The van der Waals surface area contributed by atoms with Crippen molar-refractivity contribution in [2.75, 3.05) is 13.1 Å². The van der Waals surface area contributed by atoms with Crippen molar-refractivity contribution in [2.24, 2.45) is 22.2 Å². The molecule has 3 amide bonds. The van der Waals surface area contributed by atoms with Gasteiger partial charge in [-0.3, -0.25) is 19.4 Å². The van der Waals surface area contributed by atoms with Crippen LogP contribution in [0.5, 0.6) is 0 Å². The lowest BCUT2D eigenvalue weighted by Crippen LogP contribution is -2.53. The topological polar surface area (TPSA) is 235 Å².